The van der Waals surface area contributed by atoms with E-state index >= 15 is 0 Å². The Hall–Kier alpha value is -0.180. The van der Waals surface area contributed by atoms with Crippen LogP contribution in [0.4, 0.5) is 0 Å². The number of amides is 1. The second-order valence-corrected chi connectivity index (χ2v) is 3.97. The summed E-state index contributed by atoms with van der Waals surface area (Å²) in [4.78, 5) is 11.0. The first kappa shape index (κ1) is 7.92. The number of carbonyl (C=O) groups is 1. The SMILES string of the molecule is CC(C)C(=O)NC1CSC1. The van der Waals surface area contributed by atoms with E-state index in [1.165, 1.54) is 0 Å². The summed E-state index contributed by atoms with van der Waals surface area (Å²) in [6.45, 7) is 3.84. The van der Waals surface area contributed by atoms with Gasteiger partial charge in [-0.15, -0.1) is 0 Å². The van der Waals surface area contributed by atoms with E-state index in [9.17, 15) is 4.79 Å². The lowest BCUT2D eigenvalue weighted by Crippen LogP contribution is -2.45. The molecule has 1 amide bonds. The van der Waals surface area contributed by atoms with Crippen molar-refractivity contribution in [3.63, 3.8) is 0 Å². The van der Waals surface area contributed by atoms with Gasteiger partial charge in [-0.2, -0.15) is 11.8 Å². The maximum absolute atomic E-state index is 11.0. The molecule has 1 aliphatic heterocycles. The lowest BCUT2D eigenvalue weighted by molar-refractivity contribution is -0.124. The minimum Gasteiger partial charge on any atom is -0.351 e. The summed E-state index contributed by atoms with van der Waals surface area (Å²) in [5, 5.41) is 2.96. The predicted molar refractivity (Wildman–Crippen MR) is 44.1 cm³/mol. The Morgan fingerprint density at radius 2 is 2.20 bits per heavy atom. The summed E-state index contributed by atoms with van der Waals surface area (Å²) >= 11 is 1.88. The molecule has 1 fully saturated rings. The van der Waals surface area contributed by atoms with Crippen molar-refractivity contribution in [3.8, 4) is 0 Å². The van der Waals surface area contributed by atoms with Crippen LogP contribution in [0.1, 0.15) is 13.8 Å². The van der Waals surface area contributed by atoms with E-state index in [4.69, 9.17) is 0 Å². The minimum absolute atomic E-state index is 0.130. The lowest BCUT2D eigenvalue weighted by atomic mass is 10.2. The highest BCUT2D eigenvalue weighted by molar-refractivity contribution is 8.00. The van der Waals surface area contributed by atoms with E-state index < -0.39 is 0 Å². The molecule has 0 unspecified atom stereocenters. The first-order chi connectivity index (χ1) is 4.70. The van der Waals surface area contributed by atoms with Crippen LogP contribution in [0.3, 0.4) is 0 Å². The Balaban J connectivity index is 2.17. The van der Waals surface area contributed by atoms with Crippen molar-refractivity contribution in [1.29, 1.82) is 0 Å². The zero-order valence-corrected chi connectivity index (χ0v) is 7.20. The number of thioether (sulfide) groups is 1. The van der Waals surface area contributed by atoms with Gasteiger partial charge in [0.1, 0.15) is 0 Å². The Bertz CT molecular complexity index is 132. The van der Waals surface area contributed by atoms with Crippen molar-refractivity contribution in [1.82, 2.24) is 5.32 Å². The first-order valence-electron chi connectivity index (χ1n) is 3.58. The fourth-order valence-electron chi connectivity index (χ4n) is 0.687. The van der Waals surface area contributed by atoms with Crippen LogP contribution in [0, 0.1) is 5.92 Å². The molecule has 0 aromatic rings. The van der Waals surface area contributed by atoms with E-state index in [1.54, 1.807) is 0 Å². The molecule has 0 atom stereocenters. The smallest absolute Gasteiger partial charge is 0.222 e. The van der Waals surface area contributed by atoms with E-state index in [0.29, 0.717) is 6.04 Å². The third-order valence-corrected chi connectivity index (χ3v) is 2.78. The lowest BCUT2D eigenvalue weighted by Gasteiger charge is -2.26. The molecule has 0 radical (unpaired) electrons. The maximum Gasteiger partial charge on any atom is 0.222 e. The molecule has 58 valence electrons. The van der Waals surface area contributed by atoms with Gasteiger partial charge in [-0.3, -0.25) is 4.79 Å². The number of rotatable bonds is 2. The van der Waals surface area contributed by atoms with Gasteiger partial charge < -0.3 is 5.32 Å². The normalized spacial score (nSPS) is 18.7. The van der Waals surface area contributed by atoms with Crippen LogP contribution in [0.25, 0.3) is 0 Å². The minimum atomic E-state index is 0.130. The quantitative estimate of drug-likeness (QED) is 0.648. The molecule has 1 N–H and O–H groups in total. The Kier molecular flexibility index (Phi) is 2.60. The third-order valence-electron chi connectivity index (χ3n) is 1.51. The standard InChI is InChI=1S/C7H13NOS/c1-5(2)7(9)8-6-3-10-4-6/h5-6H,3-4H2,1-2H3,(H,8,9). The number of hydrogen-bond donors (Lipinski definition) is 1. The number of hydrogen-bond acceptors (Lipinski definition) is 2. The van der Waals surface area contributed by atoms with Gasteiger partial charge in [-0.05, 0) is 0 Å². The maximum atomic E-state index is 11.0. The summed E-state index contributed by atoms with van der Waals surface area (Å²) in [6.07, 6.45) is 0. The van der Waals surface area contributed by atoms with Crippen LogP contribution >= 0.6 is 11.8 Å². The van der Waals surface area contributed by atoms with E-state index in [0.717, 1.165) is 11.5 Å². The van der Waals surface area contributed by atoms with Gasteiger partial charge >= 0.3 is 0 Å². The van der Waals surface area contributed by atoms with Crippen molar-refractivity contribution in [3.05, 3.63) is 0 Å². The molecule has 2 nitrogen and oxygen atoms in total. The molecule has 0 spiro atoms. The molecule has 1 saturated heterocycles. The molecule has 3 heteroatoms. The van der Waals surface area contributed by atoms with Crippen LogP contribution in [-0.4, -0.2) is 23.5 Å². The zero-order valence-electron chi connectivity index (χ0n) is 6.39. The molecule has 1 heterocycles. The second kappa shape index (κ2) is 3.28. The average Bonchev–Trinajstić information content (AvgIpc) is 1.77. The molecule has 0 bridgehead atoms. The van der Waals surface area contributed by atoms with Gasteiger partial charge in [0.05, 0.1) is 0 Å². The molecular weight excluding hydrogens is 146 g/mol. The van der Waals surface area contributed by atoms with Crippen molar-refractivity contribution in [2.75, 3.05) is 11.5 Å². The summed E-state index contributed by atoms with van der Waals surface area (Å²) in [6, 6.07) is 0.458. The van der Waals surface area contributed by atoms with Gasteiger partial charge in [0.15, 0.2) is 0 Å². The molecule has 0 aromatic carbocycles. The van der Waals surface area contributed by atoms with Gasteiger partial charge in [0, 0.05) is 23.5 Å². The summed E-state index contributed by atoms with van der Waals surface area (Å²) in [5.74, 6) is 2.51. The Morgan fingerprint density at radius 1 is 1.60 bits per heavy atom. The van der Waals surface area contributed by atoms with Gasteiger partial charge in [0.2, 0.25) is 5.91 Å². The van der Waals surface area contributed by atoms with Gasteiger partial charge in [-0.1, -0.05) is 13.8 Å². The second-order valence-electron chi connectivity index (χ2n) is 2.90. The zero-order chi connectivity index (χ0) is 7.56. The average molecular weight is 159 g/mol. The highest BCUT2D eigenvalue weighted by Crippen LogP contribution is 2.17. The van der Waals surface area contributed by atoms with Crippen LogP contribution in [0.5, 0.6) is 0 Å². The van der Waals surface area contributed by atoms with Crippen molar-refractivity contribution in [2.45, 2.75) is 19.9 Å². The summed E-state index contributed by atoms with van der Waals surface area (Å²) < 4.78 is 0. The molecule has 0 aliphatic carbocycles. The van der Waals surface area contributed by atoms with E-state index in [1.807, 2.05) is 25.6 Å². The highest BCUT2D eigenvalue weighted by Gasteiger charge is 2.20. The molecule has 0 saturated carbocycles. The fourth-order valence-corrected chi connectivity index (χ4v) is 1.32. The Morgan fingerprint density at radius 3 is 2.50 bits per heavy atom. The molecule has 0 aromatic heterocycles. The van der Waals surface area contributed by atoms with Crippen molar-refractivity contribution < 1.29 is 4.79 Å². The fraction of sp³-hybridized carbons (Fsp3) is 0.857. The molecule has 10 heavy (non-hydrogen) atoms. The Labute approximate surface area is 65.8 Å². The van der Waals surface area contributed by atoms with Crippen molar-refractivity contribution in [2.24, 2.45) is 5.92 Å². The van der Waals surface area contributed by atoms with Crippen LogP contribution in [-0.2, 0) is 4.79 Å². The van der Waals surface area contributed by atoms with Crippen molar-refractivity contribution >= 4 is 17.7 Å². The summed E-state index contributed by atoms with van der Waals surface area (Å²) in [7, 11) is 0. The topological polar surface area (TPSA) is 29.1 Å². The largest absolute Gasteiger partial charge is 0.351 e. The van der Waals surface area contributed by atoms with Gasteiger partial charge in [-0.25, -0.2) is 0 Å². The highest BCUT2D eigenvalue weighted by atomic mass is 32.2. The first-order valence-corrected chi connectivity index (χ1v) is 4.73. The van der Waals surface area contributed by atoms with E-state index in [2.05, 4.69) is 5.32 Å². The predicted octanol–water partition coefficient (Wildman–Crippen LogP) is 0.874. The van der Waals surface area contributed by atoms with Crippen LogP contribution in [0.15, 0.2) is 0 Å². The molecule has 1 aliphatic rings. The number of nitrogens with one attached hydrogen (secondary N) is 1. The molecular formula is C7H13NOS. The van der Waals surface area contributed by atoms with Crippen LogP contribution < -0.4 is 5.32 Å². The summed E-state index contributed by atoms with van der Waals surface area (Å²) in [5.41, 5.74) is 0. The molecule has 1 rings (SSSR count). The number of carbonyl (C=O) groups excluding carboxylic acids is 1. The monoisotopic (exact) mass is 159 g/mol. The van der Waals surface area contributed by atoms with E-state index in [-0.39, 0.29) is 11.8 Å². The van der Waals surface area contributed by atoms with Gasteiger partial charge in [0.25, 0.3) is 0 Å². The van der Waals surface area contributed by atoms with Crippen LogP contribution in [0.2, 0.25) is 0 Å². The third kappa shape index (κ3) is 1.90.